The van der Waals surface area contributed by atoms with Gasteiger partial charge in [0.2, 0.25) is 5.91 Å². The molecule has 0 fully saturated rings. The van der Waals surface area contributed by atoms with Crippen molar-refractivity contribution < 1.29 is 9.21 Å². The number of furan rings is 1. The molecule has 0 saturated heterocycles. The van der Waals surface area contributed by atoms with Gasteiger partial charge in [0, 0.05) is 23.0 Å². The summed E-state index contributed by atoms with van der Waals surface area (Å²) < 4.78 is 6.20. The van der Waals surface area contributed by atoms with Gasteiger partial charge >= 0.3 is 0 Å². The normalized spacial score (nSPS) is 10.3. The van der Waals surface area contributed by atoms with Crippen molar-refractivity contribution in [2.75, 3.05) is 5.32 Å². The minimum atomic E-state index is -0.00294. The van der Waals surface area contributed by atoms with Crippen LogP contribution in [0.15, 0.2) is 45.5 Å². The van der Waals surface area contributed by atoms with Crippen molar-refractivity contribution in [2.45, 2.75) is 19.8 Å². The summed E-state index contributed by atoms with van der Waals surface area (Å²) in [7, 11) is 0. The van der Waals surface area contributed by atoms with Crippen LogP contribution in [-0.4, -0.2) is 5.91 Å². The second kappa shape index (κ2) is 5.87. The number of aryl methyl sites for hydroxylation is 2. The SMILES string of the molecule is Cc1cc(Br)ccc1NC(=O)CCc1ccco1. The third kappa shape index (κ3) is 3.47. The zero-order valence-electron chi connectivity index (χ0n) is 10.1. The van der Waals surface area contributed by atoms with Crippen LogP contribution in [0.2, 0.25) is 0 Å². The van der Waals surface area contributed by atoms with Crippen molar-refractivity contribution in [2.24, 2.45) is 0 Å². The Balaban J connectivity index is 1.91. The highest BCUT2D eigenvalue weighted by Gasteiger charge is 2.06. The highest BCUT2D eigenvalue weighted by Crippen LogP contribution is 2.20. The fraction of sp³-hybridized carbons (Fsp3) is 0.214. The Bertz CT molecular complexity index is 535. The lowest BCUT2D eigenvalue weighted by molar-refractivity contribution is -0.116. The Morgan fingerprint density at radius 1 is 1.39 bits per heavy atom. The molecule has 2 aromatic rings. The second-order valence-electron chi connectivity index (χ2n) is 4.09. The first-order chi connectivity index (χ1) is 8.65. The molecule has 2 rings (SSSR count). The van der Waals surface area contributed by atoms with Crippen molar-refractivity contribution in [3.63, 3.8) is 0 Å². The van der Waals surface area contributed by atoms with Crippen molar-refractivity contribution in [3.05, 3.63) is 52.4 Å². The predicted octanol–water partition coefficient (Wildman–Crippen LogP) is 3.92. The smallest absolute Gasteiger partial charge is 0.224 e. The Morgan fingerprint density at radius 3 is 2.89 bits per heavy atom. The number of halogens is 1. The second-order valence-corrected chi connectivity index (χ2v) is 5.00. The fourth-order valence-corrected chi connectivity index (χ4v) is 2.15. The molecule has 0 bridgehead atoms. The van der Waals surface area contributed by atoms with Gasteiger partial charge in [-0.25, -0.2) is 0 Å². The topological polar surface area (TPSA) is 42.2 Å². The Kier molecular flexibility index (Phi) is 4.20. The molecular formula is C14H14BrNO2. The van der Waals surface area contributed by atoms with E-state index in [2.05, 4.69) is 21.2 Å². The van der Waals surface area contributed by atoms with E-state index < -0.39 is 0 Å². The molecule has 0 aliphatic heterocycles. The van der Waals surface area contributed by atoms with E-state index in [1.165, 1.54) is 0 Å². The van der Waals surface area contributed by atoms with Gasteiger partial charge in [-0.1, -0.05) is 15.9 Å². The minimum absolute atomic E-state index is 0.00294. The van der Waals surface area contributed by atoms with Crippen LogP contribution in [0.3, 0.4) is 0 Å². The summed E-state index contributed by atoms with van der Waals surface area (Å²) in [4.78, 5) is 11.8. The molecule has 0 unspecified atom stereocenters. The number of nitrogens with one attached hydrogen (secondary N) is 1. The summed E-state index contributed by atoms with van der Waals surface area (Å²) in [6.07, 6.45) is 2.66. The molecule has 1 aromatic heterocycles. The maximum Gasteiger partial charge on any atom is 0.224 e. The molecule has 0 atom stereocenters. The Hall–Kier alpha value is -1.55. The number of carbonyl (C=O) groups excluding carboxylic acids is 1. The number of hydrogen-bond acceptors (Lipinski definition) is 2. The number of carbonyl (C=O) groups is 1. The van der Waals surface area contributed by atoms with Crippen LogP contribution in [0.5, 0.6) is 0 Å². The largest absolute Gasteiger partial charge is 0.469 e. The average Bonchev–Trinajstić information content (AvgIpc) is 2.83. The van der Waals surface area contributed by atoms with Crippen LogP contribution >= 0.6 is 15.9 Å². The standard InChI is InChI=1S/C14H14BrNO2/c1-10-9-11(15)4-6-13(10)16-14(17)7-5-12-3-2-8-18-12/h2-4,6,8-9H,5,7H2,1H3,(H,16,17). The first kappa shape index (κ1) is 12.9. The molecule has 1 aromatic carbocycles. The quantitative estimate of drug-likeness (QED) is 0.930. The summed E-state index contributed by atoms with van der Waals surface area (Å²) in [6, 6.07) is 9.48. The van der Waals surface area contributed by atoms with Crippen LogP contribution in [0.4, 0.5) is 5.69 Å². The first-order valence-corrected chi connectivity index (χ1v) is 6.53. The highest BCUT2D eigenvalue weighted by molar-refractivity contribution is 9.10. The van der Waals surface area contributed by atoms with Gasteiger partial charge in [-0.2, -0.15) is 0 Å². The van der Waals surface area contributed by atoms with E-state index in [9.17, 15) is 4.79 Å². The van der Waals surface area contributed by atoms with Crippen molar-refractivity contribution in [1.82, 2.24) is 0 Å². The van der Waals surface area contributed by atoms with Crippen LogP contribution in [0.25, 0.3) is 0 Å². The molecule has 1 N–H and O–H groups in total. The number of rotatable bonds is 4. The van der Waals surface area contributed by atoms with Gasteiger partial charge in [0.25, 0.3) is 0 Å². The lowest BCUT2D eigenvalue weighted by Gasteiger charge is -2.08. The monoisotopic (exact) mass is 307 g/mol. The molecule has 0 radical (unpaired) electrons. The van der Waals surface area contributed by atoms with Gasteiger partial charge in [-0.15, -0.1) is 0 Å². The molecular weight excluding hydrogens is 294 g/mol. The van der Waals surface area contributed by atoms with Crippen LogP contribution < -0.4 is 5.32 Å². The molecule has 0 saturated carbocycles. The maximum absolute atomic E-state index is 11.8. The molecule has 1 heterocycles. The van der Waals surface area contributed by atoms with Gasteiger partial charge in [0.15, 0.2) is 0 Å². The molecule has 18 heavy (non-hydrogen) atoms. The van der Waals surface area contributed by atoms with E-state index in [4.69, 9.17) is 4.42 Å². The number of anilines is 1. The van der Waals surface area contributed by atoms with Crippen LogP contribution in [-0.2, 0) is 11.2 Å². The highest BCUT2D eigenvalue weighted by atomic mass is 79.9. The van der Waals surface area contributed by atoms with E-state index in [0.717, 1.165) is 21.5 Å². The summed E-state index contributed by atoms with van der Waals surface area (Å²) >= 11 is 3.39. The van der Waals surface area contributed by atoms with Crippen LogP contribution in [0, 0.1) is 6.92 Å². The first-order valence-electron chi connectivity index (χ1n) is 5.73. The van der Waals surface area contributed by atoms with Gasteiger partial charge in [0.05, 0.1) is 6.26 Å². The molecule has 0 spiro atoms. The summed E-state index contributed by atoms with van der Waals surface area (Å²) in [5.41, 5.74) is 1.89. The van der Waals surface area contributed by atoms with Crippen molar-refractivity contribution in [3.8, 4) is 0 Å². The van der Waals surface area contributed by atoms with E-state index >= 15 is 0 Å². The molecule has 94 valence electrons. The Morgan fingerprint density at radius 2 is 2.22 bits per heavy atom. The molecule has 0 aliphatic rings. The minimum Gasteiger partial charge on any atom is -0.469 e. The van der Waals surface area contributed by atoms with E-state index in [1.54, 1.807) is 6.26 Å². The van der Waals surface area contributed by atoms with Crippen LogP contribution in [0.1, 0.15) is 17.7 Å². The summed E-state index contributed by atoms with van der Waals surface area (Å²) in [5, 5.41) is 2.90. The molecule has 1 amide bonds. The van der Waals surface area contributed by atoms with Gasteiger partial charge in [0.1, 0.15) is 5.76 Å². The van der Waals surface area contributed by atoms with Crippen molar-refractivity contribution >= 4 is 27.5 Å². The maximum atomic E-state index is 11.8. The van der Waals surface area contributed by atoms with E-state index in [1.807, 2.05) is 37.3 Å². The number of hydrogen-bond donors (Lipinski definition) is 1. The third-order valence-corrected chi connectivity index (χ3v) is 3.13. The average molecular weight is 308 g/mol. The number of benzene rings is 1. The summed E-state index contributed by atoms with van der Waals surface area (Å²) in [6.45, 7) is 1.97. The van der Waals surface area contributed by atoms with Gasteiger partial charge < -0.3 is 9.73 Å². The van der Waals surface area contributed by atoms with E-state index in [0.29, 0.717) is 12.8 Å². The molecule has 4 heteroatoms. The summed E-state index contributed by atoms with van der Waals surface area (Å²) in [5.74, 6) is 0.828. The molecule has 3 nitrogen and oxygen atoms in total. The zero-order chi connectivity index (χ0) is 13.0. The molecule has 0 aliphatic carbocycles. The Labute approximate surface area is 114 Å². The van der Waals surface area contributed by atoms with Crippen molar-refractivity contribution in [1.29, 1.82) is 0 Å². The lowest BCUT2D eigenvalue weighted by atomic mass is 10.2. The lowest BCUT2D eigenvalue weighted by Crippen LogP contribution is -2.13. The fourth-order valence-electron chi connectivity index (χ4n) is 1.67. The third-order valence-electron chi connectivity index (χ3n) is 2.64. The van der Waals surface area contributed by atoms with Gasteiger partial charge in [-0.3, -0.25) is 4.79 Å². The van der Waals surface area contributed by atoms with E-state index in [-0.39, 0.29) is 5.91 Å². The predicted molar refractivity (Wildman–Crippen MR) is 74.5 cm³/mol. The zero-order valence-corrected chi connectivity index (χ0v) is 11.7. The van der Waals surface area contributed by atoms with Gasteiger partial charge in [-0.05, 0) is 42.8 Å². The number of amides is 1.